The Morgan fingerprint density at radius 2 is 1.88 bits per heavy atom. The largest absolute Gasteiger partial charge is 0.378 e. The molecule has 0 radical (unpaired) electrons. The van der Waals surface area contributed by atoms with Gasteiger partial charge in [-0.2, -0.15) is 0 Å². The van der Waals surface area contributed by atoms with Gasteiger partial charge in [0.2, 0.25) is 0 Å². The van der Waals surface area contributed by atoms with Gasteiger partial charge in [-0.1, -0.05) is 19.4 Å². The number of allylic oxidation sites excluding steroid dienone is 1. The van der Waals surface area contributed by atoms with Gasteiger partial charge in [-0.25, -0.2) is 4.39 Å². The second kappa shape index (κ2) is 7.42. The summed E-state index contributed by atoms with van der Waals surface area (Å²) >= 11 is 0. The first-order valence-electron chi connectivity index (χ1n) is 12.5. The van der Waals surface area contributed by atoms with Crippen molar-refractivity contribution in [3.05, 3.63) is 11.6 Å². The first-order chi connectivity index (χ1) is 15.5. The van der Waals surface area contributed by atoms with Crippen molar-refractivity contribution < 1.29 is 32.9 Å². The Balaban J connectivity index is 1.58. The molecule has 0 bridgehead atoms. The molecule has 33 heavy (non-hydrogen) atoms. The summed E-state index contributed by atoms with van der Waals surface area (Å²) in [6.07, 6.45) is 4.98. The summed E-state index contributed by atoms with van der Waals surface area (Å²) in [4.78, 5) is 25.7. The molecule has 3 saturated carbocycles. The van der Waals surface area contributed by atoms with E-state index in [9.17, 15) is 9.59 Å². The van der Waals surface area contributed by atoms with E-state index in [1.807, 2.05) is 13.8 Å². The lowest BCUT2D eigenvalue weighted by molar-refractivity contribution is -0.427. The van der Waals surface area contributed by atoms with E-state index in [-0.39, 0.29) is 30.0 Å². The normalized spacial score (nSPS) is 51.7. The summed E-state index contributed by atoms with van der Waals surface area (Å²) < 4.78 is 41.2. The van der Waals surface area contributed by atoms with Gasteiger partial charge in [0.05, 0.1) is 6.10 Å². The first kappa shape index (κ1) is 23.6. The van der Waals surface area contributed by atoms with E-state index in [1.54, 1.807) is 20.1 Å². The smallest absolute Gasteiger partial charge is 0.281 e. The highest BCUT2D eigenvalue weighted by molar-refractivity contribution is 5.92. The van der Waals surface area contributed by atoms with Crippen LogP contribution in [0.4, 0.5) is 4.39 Å². The number of fused-ring (bicyclic) bond motifs is 6. The van der Waals surface area contributed by atoms with E-state index in [2.05, 4.69) is 6.92 Å². The monoisotopic (exact) mass is 464 g/mol. The molecule has 0 N–H and O–H groups in total. The number of carbonyl (C=O) groups excluding carboxylic acids is 2. The molecule has 8 atom stereocenters. The second-order valence-electron chi connectivity index (χ2n) is 11.3. The van der Waals surface area contributed by atoms with Crippen LogP contribution in [-0.4, -0.2) is 55.2 Å². The number of hydrogen-bond donors (Lipinski definition) is 0. The zero-order chi connectivity index (χ0) is 23.9. The molecular formula is C26H37FO6. The maximum absolute atomic E-state index is 17.3. The van der Waals surface area contributed by atoms with E-state index < -0.39 is 34.2 Å². The highest BCUT2D eigenvalue weighted by Crippen LogP contribution is 2.71. The number of carbonyl (C=O) groups is 2. The highest BCUT2D eigenvalue weighted by Gasteiger charge is 2.77. The molecule has 1 saturated heterocycles. The molecule has 0 aromatic heterocycles. The fourth-order valence-electron chi connectivity index (χ4n) is 8.39. The maximum atomic E-state index is 17.3. The Hall–Kier alpha value is -1.15. The van der Waals surface area contributed by atoms with Crippen LogP contribution >= 0.6 is 0 Å². The molecule has 5 aliphatic rings. The molecule has 6 nitrogen and oxygen atoms in total. The third-order valence-electron chi connectivity index (χ3n) is 10.1. The zero-order valence-electron chi connectivity index (χ0n) is 20.5. The van der Waals surface area contributed by atoms with Crippen molar-refractivity contribution in [2.24, 2.45) is 22.7 Å². The third-order valence-corrected chi connectivity index (χ3v) is 10.1. The van der Waals surface area contributed by atoms with E-state index in [0.29, 0.717) is 45.1 Å². The van der Waals surface area contributed by atoms with Crippen molar-refractivity contribution >= 4 is 11.6 Å². The van der Waals surface area contributed by atoms with Gasteiger partial charge in [-0.3, -0.25) is 9.59 Å². The van der Waals surface area contributed by atoms with Crippen LogP contribution in [0.2, 0.25) is 0 Å². The topological polar surface area (TPSA) is 71.1 Å². The minimum atomic E-state index is -1.41. The Kier molecular flexibility index (Phi) is 5.31. The van der Waals surface area contributed by atoms with Crippen molar-refractivity contribution in [2.75, 3.05) is 20.3 Å². The molecule has 0 aromatic rings. The van der Waals surface area contributed by atoms with Gasteiger partial charge in [0.15, 0.2) is 17.2 Å². The van der Waals surface area contributed by atoms with Crippen molar-refractivity contribution in [2.45, 2.75) is 96.0 Å². The fraction of sp³-hybridized carbons (Fsp3) is 0.846. The van der Waals surface area contributed by atoms with Crippen LogP contribution in [0, 0.1) is 22.7 Å². The van der Waals surface area contributed by atoms with Crippen LogP contribution in [0.5, 0.6) is 0 Å². The zero-order valence-corrected chi connectivity index (χ0v) is 20.5. The summed E-state index contributed by atoms with van der Waals surface area (Å²) in [5.74, 6) is -1.68. The molecule has 1 aliphatic heterocycles. The fourth-order valence-corrected chi connectivity index (χ4v) is 8.39. The molecule has 1 heterocycles. The second-order valence-corrected chi connectivity index (χ2v) is 11.3. The molecule has 1 unspecified atom stereocenters. The van der Waals surface area contributed by atoms with Crippen molar-refractivity contribution in [3.8, 4) is 0 Å². The summed E-state index contributed by atoms with van der Waals surface area (Å²) in [6, 6.07) is 0. The predicted molar refractivity (Wildman–Crippen MR) is 118 cm³/mol. The Morgan fingerprint density at radius 3 is 2.58 bits per heavy atom. The molecule has 5 rings (SSSR count). The van der Waals surface area contributed by atoms with Gasteiger partial charge < -0.3 is 18.9 Å². The third kappa shape index (κ3) is 2.85. The van der Waals surface area contributed by atoms with Gasteiger partial charge in [0.25, 0.3) is 5.97 Å². The SMILES string of the molecule is CCOC1(C)OCC(=O)[C@@]2(O1)[C@H](OC)C[C@H]1[C@@H]3CCC4=CC(=O)CC[C@]4(C)[C@@]3(F)CC[C@@]12C. The lowest BCUT2D eigenvalue weighted by Gasteiger charge is -2.63. The highest BCUT2D eigenvalue weighted by atomic mass is 19.1. The molecule has 0 amide bonds. The van der Waals surface area contributed by atoms with Gasteiger partial charge in [-0.05, 0) is 63.4 Å². The number of ketones is 2. The van der Waals surface area contributed by atoms with Crippen LogP contribution in [0.15, 0.2) is 11.6 Å². The molecule has 184 valence electrons. The lowest BCUT2D eigenvalue weighted by Crippen LogP contribution is -2.70. The van der Waals surface area contributed by atoms with Gasteiger partial charge in [-0.15, -0.1) is 0 Å². The molecule has 1 spiro atoms. The summed E-state index contributed by atoms with van der Waals surface area (Å²) in [6.45, 7) is 7.92. The number of halogens is 1. The van der Waals surface area contributed by atoms with Gasteiger partial charge in [0.1, 0.15) is 12.3 Å². The minimum Gasteiger partial charge on any atom is -0.378 e. The summed E-state index contributed by atoms with van der Waals surface area (Å²) in [5, 5.41) is 0. The molecule has 4 fully saturated rings. The number of methoxy groups -OCH3 is 1. The van der Waals surface area contributed by atoms with Crippen LogP contribution < -0.4 is 0 Å². The molecule has 7 heteroatoms. The number of rotatable bonds is 3. The number of alkyl halides is 1. The van der Waals surface area contributed by atoms with E-state index in [1.165, 1.54) is 0 Å². The number of hydrogen-bond acceptors (Lipinski definition) is 6. The Bertz CT molecular complexity index is 903. The Morgan fingerprint density at radius 1 is 1.12 bits per heavy atom. The van der Waals surface area contributed by atoms with Crippen molar-refractivity contribution in [1.82, 2.24) is 0 Å². The maximum Gasteiger partial charge on any atom is 0.281 e. The van der Waals surface area contributed by atoms with E-state index >= 15 is 4.39 Å². The molecular weight excluding hydrogens is 427 g/mol. The first-order valence-corrected chi connectivity index (χ1v) is 12.5. The summed E-state index contributed by atoms with van der Waals surface area (Å²) in [7, 11) is 1.61. The number of Topliss-reactive ketones (excluding diaryl/α,β-unsaturated/α-hetero) is 1. The van der Waals surface area contributed by atoms with Crippen molar-refractivity contribution in [1.29, 1.82) is 0 Å². The average molecular weight is 465 g/mol. The minimum absolute atomic E-state index is 0.0786. The van der Waals surface area contributed by atoms with Gasteiger partial charge in [0, 0.05) is 37.9 Å². The summed E-state index contributed by atoms with van der Waals surface area (Å²) in [5.41, 5.74) is -2.92. The van der Waals surface area contributed by atoms with E-state index in [0.717, 1.165) is 12.0 Å². The molecule has 0 aromatic carbocycles. The van der Waals surface area contributed by atoms with Crippen LogP contribution in [-0.2, 0) is 28.5 Å². The number of ether oxygens (including phenoxy) is 4. The Labute approximate surface area is 195 Å². The standard InChI is InChI=1S/C26H37FO6/c1-6-31-24(4)32-15-20(29)26(33-24)21(30-5)14-19-18-8-7-16-13-17(28)9-10-22(16,2)25(18,27)12-11-23(19,26)3/h13,18-19,21H,6-12,14-15H2,1-5H3/t18-,19-,21+,22-,23-,24?,25+,26+/m0/s1. The van der Waals surface area contributed by atoms with E-state index in [4.69, 9.17) is 18.9 Å². The average Bonchev–Trinajstić information content (AvgIpc) is 3.01. The van der Waals surface area contributed by atoms with Crippen LogP contribution in [0.25, 0.3) is 0 Å². The molecule has 4 aliphatic carbocycles. The van der Waals surface area contributed by atoms with Gasteiger partial charge >= 0.3 is 0 Å². The predicted octanol–water partition coefficient (Wildman–Crippen LogP) is 4.30. The quantitative estimate of drug-likeness (QED) is 0.620. The van der Waals surface area contributed by atoms with Crippen LogP contribution in [0.1, 0.15) is 72.6 Å². The lowest BCUT2D eigenvalue weighted by atomic mass is 9.44. The van der Waals surface area contributed by atoms with Crippen molar-refractivity contribution in [3.63, 3.8) is 0 Å². The van der Waals surface area contributed by atoms with Crippen LogP contribution in [0.3, 0.4) is 0 Å².